The van der Waals surface area contributed by atoms with Gasteiger partial charge < -0.3 is 25.3 Å². The molecule has 1 fully saturated rings. The number of methoxy groups -OCH3 is 1. The van der Waals surface area contributed by atoms with Crippen molar-refractivity contribution in [3.63, 3.8) is 0 Å². The number of fused-ring (bicyclic) bond motifs is 1. The van der Waals surface area contributed by atoms with E-state index in [9.17, 15) is 4.79 Å². The van der Waals surface area contributed by atoms with Gasteiger partial charge in [0.1, 0.15) is 5.82 Å². The van der Waals surface area contributed by atoms with Crippen molar-refractivity contribution in [2.45, 2.75) is 0 Å². The van der Waals surface area contributed by atoms with E-state index in [1.54, 1.807) is 11.1 Å². The molecule has 9 nitrogen and oxygen atoms in total. The smallest absolute Gasteiger partial charge is 0.409 e. The van der Waals surface area contributed by atoms with Gasteiger partial charge in [-0.1, -0.05) is 12.1 Å². The van der Waals surface area contributed by atoms with Gasteiger partial charge in [-0.2, -0.15) is 0 Å². The van der Waals surface area contributed by atoms with Gasteiger partial charge in [0, 0.05) is 26.2 Å². The highest BCUT2D eigenvalue weighted by molar-refractivity contribution is 5.80. The lowest BCUT2D eigenvalue weighted by molar-refractivity contribution is 0.121. The fourth-order valence-electron chi connectivity index (χ4n) is 3.03. The molecular formula is C17H19N7O2. The number of nitrogens with zero attached hydrogens (tertiary/aromatic N) is 5. The molecule has 1 saturated heterocycles. The van der Waals surface area contributed by atoms with Crippen LogP contribution in [-0.2, 0) is 4.74 Å². The highest BCUT2D eigenvalue weighted by Gasteiger charge is 2.23. The fourth-order valence-corrected chi connectivity index (χ4v) is 3.03. The number of rotatable bonds is 2. The second-order valence-electron chi connectivity index (χ2n) is 6.01. The molecule has 0 spiro atoms. The predicted octanol–water partition coefficient (Wildman–Crippen LogP) is 1.49. The number of nitrogen functional groups attached to an aromatic ring is 1. The molecule has 0 aliphatic carbocycles. The maximum atomic E-state index is 11.6. The number of carbonyl (C=O) groups is 1. The molecule has 0 unspecified atom stereocenters. The van der Waals surface area contributed by atoms with Gasteiger partial charge in [0.2, 0.25) is 0 Å². The number of imidazole rings is 1. The second kappa shape index (κ2) is 6.51. The van der Waals surface area contributed by atoms with E-state index in [2.05, 4.69) is 24.8 Å². The van der Waals surface area contributed by atoms with Crippen LogP contribution in [0, 0.1) is 0 Å². The van der Waals surface area contributed by atoms with Crippen LogP contribution >= 0.6 is 0 Å². The minimum absolute atomic E-state index is 0.309. The second-order valence-corrected chi connectivity index (χ2v) is 6.01. The Kier molecular flexibility index (Phi) is 4.04. The molecule has 0 bridgehead atoms. The Morgan fingerprint density at radius 1 is 1.19 bits per heavy atom. The molecule has 134 valence electrons. The summed E-state index contributed by atoms with van der Waals surface area (Å²) in [6.45, 7) is 2.43. The minimum atomic E-state index is -0.309. The van der Waals surface area contributed by atoms with Gasteiger partial charge in [-0.05, 0) is 12.1 Å². The zero-order valence-corrected chi connectivity index (χ0v) is 14.3. The molecule has 0 saturated carbocycles. The summed E-state index contributed by atoms with van der Waals surface area (Å²) in [5, 5.41) is 0. The summed E-state index contributed by atoms with van der Waals surface area (Å²) in [5.41, 5.74) is 8.32. The number of ether oxygens (including phenoxy) is 1. The summed E-state index contributed by atoms with van der Waals surface area (Å²) in [4.78, 5) is 32.1. The molecule has 4 rings (SSSR count). The zero-order valence-electron chi connectivity index (χ0n) is 14.3. The number of amides is 1. The molecule has 1 amide bonds. The number of nitrogens with one attached hydrogen (secondary N) is 1. The molecular weight excluding hydrogens is 334 g/mol. The molecule has 1 aliphatic heterocycles. The van der Waals surface area contributed by atoms with E-state index < -0.39 is 0 Å². The Bertz CT molecular complexity index is 914. The van der Waals surface area contributed by atoms with E-state index in [0.717, 1.165) is 11.0 Å². The predicted molar refractivity (Wildman–Crippen MR) is 97.7 cm³/mol. The van der Waals surface area contributed by atoms with Crippen molar-refractivity contribution in [1.82, 2.24) is 24.8 Å². The van der Waals surface area contributed by atoms with Gasteiger partial charge >= 0.3 is 6.09 Å². The highest BCUT2D eigenvalue weighted by atomic mass is 16.5. The summed E-state index contributed by atoms with van der Waals surface area (Å²) < 4.78 is 4.76. The lowest BCUT2D eigenvalue weighted by atomic mass is 10.3. The van der Waals surface area contributed by atoms with E-state index in [1.807, 2.05) is 24.3 Å². The number of nitrogens with two attached hydrogens (primary N) is 1. The van der Waals surface area contributed by atoms with E-state index >= 15 is 0 Å². The molecule has 26 heavy (non-hydrogen) atoms. The summed E-state index contributed by atoms with van der Waals surface area (Å²) in [7, 11) is 1.39. The van der Waals surface area contributed by atoms with Gasteiger partial charge in [-0.25, -0.2) is 19.7 Å². The normalized spacial score (nSPS) is 14.7. The quantitative estimate of drug-likeness (QED) is 0.717. The Morgan fingerprint density at radius 2 is 1.96 bits per heavy atom. The number of hydrogen-bond donors (Lipinski definition) is 2. The van der Waals surface area contributed by atoms with Gasteiger partial charge in [0.05, 0.1) is 24.3 Å². The average Bonchev–Trinajstić information content (AvgIpc) is 3.12. The van der Waals surface area contributed by atoms with Crippen molar-refractivity contribution in [2.75, 3.05) is 43.9 Å². The maximum absolute atomic E-state index is 11.6. The topological polar surface area (TPSA) is 113 Å². The van der Waals surface area contributed by atoms with Crippen LogP contribution in [0.25, 0.3) is 22.6 Å². The third-order valence-electron chi connectivity index (χ3n) is 4.44. The number of anilines is 2. The van der Waals surface area contributed by atoms with Gasteiger partial charge in [-0.15, -0.1) is 0 Å². The molecule has 1 aliphatic rings. The van der Waals surface area contributed by atoms with Gasteiger partial charge in [0.15, 0.2) is 17.3 Å². The molecule has 3 N–H and O–H groups in total. The fraction of sp³-hybridized carbons (Fsp3) is 0.294. The van der Waals surface area contributed by atoms with Crippen LogP contribution in [0.15, 0.2) is 30.5 Å². The van der Waals surface area contributed by atoms with E-state index in [4.69, 9.17) is 10.5 Å². The number of carbonyl (C=O) groups excluding carboxylic acids is 1. The maximum Gasteiger partial charge on any atom is 0.409 e. The molecule has 9 heteroatoms. The number of para-hydroxylation sites is 2. The number of hydrogen-bond acceptors (Lipinski definition) is 7. The Labute approximate surface area is 149 Å². The van der Waals surface area contributed by atoms with Crippen molar-refractivity contribution in [1.29, 1.82) is 0 Å². The zero-order chi connectivity index (χ0) is 18.1. The van der Waals surface area contributed by atoms with Crippen LogP contribution in [0.4, 0.5) is 16.4 Å². The Morgan fingerprint density at radius 3 is 2.69 bits per heavy atom. The Hall–Kier alpha value is -3.36. The summed E-state index contributed by atoms with van der Waals surface area (Å²) in [6.07, 6.45) is 1.34. The first kappa shape index (κ1) is 16.1. The lowest BCUT2D eigenvalue weighted by Gasteiger charge is -2.34. The van der Waals surface area contributed by atoms with Crippen LogP contribution < -0.4 is 10.6 Å². The van der Waals surface area contributed by atoms with Gasteiger partial charge in [0.25, 0.3) is 0 Å². The summed E-state index contributed by atoms with van der Waals surface area (Å²) in [5.74, 6) is 1.62. The first-order valence-electron chi connectivity index (χ1n) is 8.31. The van der Waals surface area contributed by atoms with Crippen molar-refractivity contribution in [2.24, 2.45) is 0 Å². The number of aromatic amines is 1. The van der Waals surface area contributed by atoms with Crippen LogP contribution in [-0.4, -0.2) is 64.2 Å². The third-order valence-corrected chi connectivity index (χ3v) is 4.44. The van der Waals surface area contributed by atoms with E-state index in [0.29, 0.717) is 49.3 Å². The summed E-state index contributed by atoms with van der Waals surface area (Å²) in [6, 6.07) is 7.75. The average molecular weight is 353 g/mol. The van der Waals surface area contributed by atoms with Crippen molar-refractivity contribution >= 4 is 28.8 Å². The number of piperazine rings is 1. The van der Waals surface area contributed by atoms with Crippen molar-refractivity contribution in [3.8, 4) is 11.5 Å². The molecule has 0 atom stereocenters. The molecule has 0 radical (unpaired) electrons. The lowest BCUT2D eigenvalue weighted by Crippen LogP contribution is -2.49. The van der Waals surface area contributed by atoms with Crippen LogP contribution in [0.5, 0.6) is 0 Å². The first-order chi connectivity index (χ1) is 12.7. The molecule has 1 aromatic carbocycles. The minimum Gasteiger partial charge on any atom is -0.453 e. The van der Waals surface area contributed by atoms with E-state index in [1.165, 1.54) is 7.11 Å². The number of benzene rings is 1. The SMILES string of the molecule is COC(=O)N1CCN(c2cnc(N)c(-c3nc4ccccc4[nH]3)n2)CC1. The Balaban J connectivity index is 1.60. The van der Waals surface area contributed by atoms with Crippen molar-refractivity contribution in [3.05, 3.63) is 30.5 Å². The van der Waals surface area contributed by atoms with E-state index in [-0.39, 0.29) is 6.09 Å². The van der Waals surface area contributed by atoms with Crippen molar-refractivity contribution < 1.29 is 9.53 Å². The molecule has 3 aromatic rings. The largest absolute Gasteiger partial charge is 0.453 e. The number of H-pyrrole nitrogens is 1. The highest BCUT2D eigenvalue weighted by Crippen LogP contribution is 2.25. The third kappa shape index (κ3) is 2.87. The molecule has 3 heterocycles. The monoisotopic (exact) mass is 353 g/mol. The van der Waals surface area contributed by atoms with Crippen LogP contribution in [0.1, 0.15) is 0 Å². The standard InChI is InChI=1S/C17H19N7O2/c1-26-17(25)24-8-6-23(7-9-24)13-10-19-15(18)14(22-13)16-20-11-4-2-3-5-12(11)21-16/h2-5,10H,6-9H2,1H3,(H2,18,19)(H,20,21). The first-order valence-corrected chi connectivity index (χ1v) is 8.31. The van der Waals surface area contributed by atoms with Gasteiger partial charge in [-0.3, -0.25) is 0 Å². The summed E-state index contributed by atoms with van der Waals surface area (Å²) >= 11 is 0. The van der Waals surface area contributed by atoms with Crippen LogP contribution in [0.2, 0.25) is 0 Å². The molecule has 2 aromatic heterocycles. The van der Waals surface area contributed by atoms with Crippen LogP contribution in [0.3, 0.4) is 0 Å². The number of aromatic nitrogens is 4.